The number of carboxylic acid groups (broad SMARTS) is 1. The molecule has 0 saturated carbocycles. The number of benzene rings is 1. The van der Waals surface area contributed by atoms with Crippen molar-refractivity contribution in [2.24, 2.45) is 0 Å². The fourth-order valence-corrected chi connectivity index (χ4v) is 3.21. The molecular weight excluding hydrogens is 294 g/mol. The fraction of sp³-hybridized carbons (Fsp3) is 0.500. The number of aromatic carboxylic acids is 1. The third kappa shape index (κ3) is 6.24. The summed E-state index contributed by atoms with van der Waals surface area (Å²) >= 11 is 0. The molecule has 1 atom stereocenters. The van der Waals surface area contributed by atoms with Gasteiger partial charge >= 0.3 is 5.97 Å². The van der Waals surface area contributed by atoms with E-state index in [2.05, 4.69) is 4.72 Å². The highest BCUT2D eigenvalue weighted by Gasteiger charge is 2.22. The lowest BCUT2D eigenvalue weighted by atomic mass is 10.0. The van der Waals surface area contributed by atoms with Crippen molar-refractivity contribution >= 4 is 16.0 Å². The van der Waals surface area contributed by atoms with Crippen LogP contribution in [-0.4, -0.2) is 36.7 Å². The Morgan fingerprint density at radius 2 is 2.05 bits per heavy atom. The molecule has 0 fully saturated rings. The van der Waals surface area contributed by atoms with E-state index in [4.69, 9.17) is 5.11 Å². The molecule has 1 rings (SSSR count). The molecule has 0 spiro atoms. The lowest BCUT2D eigenvalue weighted by Gasteiger charge is -2.22. The van der Waals surface area contributed by atoms with Gasteiger partial charge in [0.05, 0.1) is 16.9 Å². The van der Waals surface area contributed by atoms with Crippen molar-refractivity contribution in [3.8, 4) is 0 Å². The zero-order chi connectivity index (χ0) is 16.1. The quantitative estimate of drug-likeness (QED) is 0.672. The molecule has 118 valence electrons. The Morgan fingerprint density at radius 3 is 2.62 bits per heavy atom. The van der Waals surface area contributed by atoms with E-state index in [1.165, 1.54) is 18.2 Å². The normalized spacial score (nSPS) is 14.6. The van der Waals surface area contributed by atoms with Gasteiger partial charge < -0.3 is 10.2 Å². The number of carboxylic acids is 1. The summed E-state index contributed by atoms with van der Waals surface area (Å²) in [6.45, 7) is 3.41. The van der Waals surface area contributed by atoms with Gasteiger partial charge in [-0.15, -0.1) is 0 Å². The van der Waals surface area contributed by atoms with E-state index < -0.39 is 21.6 Å². The SMILES string of the molecule is CCCC(C)(O)CNS(=O)(=O)Cc1cccc(C(=O)O)c1. The molecule has 7 heteroatoms. The molecule has 1 aromatic rings. The molecule has 0 saturated heterocycles. The summed E-state index contributed by atoms with van der Waals surface area (Å²) in [5, 5.41) is 18.8. The van der Waals surface area contributed by atoms with Crippen molar-refractivity contribution in [3.05, 3.63) is 35.4 Å². The molecule has 1 unspecified atom stereocenters. The number of nitrogens with one attached hydrogen (secondary N) is 1. The van der Waals surface area contributed by atoms with Crippen LogP contribution in [0.3, 0.4) is 0 Å². The Bertz CT molecular complexity index is 595. The second kappa shape index (κ2) is 7.02. The molecule has 0 aliphatic heterocycles. The van der Waals surface area contributed by atoms with Crippen molar-refractivity contribution in [2.75, 3.05) is 6.54 Å². The predicted octanol–water partition coefficient (Wildman–Crippen LogP) is 1.36. The van der Waals surface area contributed by atoms with Crippen molar-refractivity contribution in [3.63, 3.8) is 0 Å². The number of hydrogen-bond acceptors (Lipinski definition) is 4. The smallest absolute Gasteiger partial charge is 0.335 e. The molecule has 0 aliphatic rings. The summed E-state index contributed by atoms with van der Waals surface area (Å²) in [6.07, 6.45) is 1.24. The van der Waals surface area contributed by atoms with Crippen LogP contribution in [0.2, 0.25) is 0 Å². The summed E-state index contributed by atoms with van der Waals surface area (Å²) in [7, 11) is -3.63. The largest absolute Gasteiger partial charge is 0.478 e. The van der Waals surface area contributed by atoms with E-state index in [0.29, 0.717) is 12.0 Å². The third-order valence-corrected chi connectivity index (χ3v) is 4.29. The van der Waals surface area contributed by atoms with Crippen molar-refractivity contribution in [2.45, 2.75) is 38.0 Å². The van der Waals surface area contributed by atoms with Gasteiger partial charge in [-0.25, -0.2) is 17.9 Å². The zero-order valence-electron chi connectivity index (χ0n) is 12.2. The Kier molecular flexibility index (Phi) is 5.88. The first-order chi connectivity index (χ1) is 9.65. The number of sulfonamides is 1. The van der Waals surface area contributed by atoms with E-state index in [9.17, 15) is 18.3 Å². The average Bonchev–Trinajstić information content (AvgIpc) is 2.36. The van der Waals surface area contributed by atoms with Crippen LogP contribution in [0.1, 0.15) is 42.6 Å². The lowest BCUT2D eigenvalue weighted by molar-refractivity contribution is 0.0554. The topological polar surface area (TPSA) is 104 Å². The number of aliphatic hydroxyl groups is 1. The molecule has 0 radical (unpaired) electrons. The molecule has 21 heavy (non-hydrogen) atoms. The highest BCUT2D eigenvalue weighted by atomic mass is 32.2. The van der Waals surface area contributed by atoms with Crippen LogP contribution in [0.15, 0.2) is 24.3 Å². The standard InChI is InChI=1S/C14H21NO5S/c1-3-7-14(2,18)10-15-21(19,20)9-11-5-4-6-12(8-11)13(16)17/h4-6,8,15,18H,3,7,9-10H2,1-2H3,(H,16,17). The Balaban J connectivity index is 2.72. The highest BCUT2D eigenvalue weighted by molar-refractivity contribution is 7.88. The summed E-state index contributed by atoms with van der Waals surface area (Å²) in [5.41, 5.74) is -0.664. The first-order valence-corrected chi connectivity index (χ1v) is 8.32. The molecule has 1 aromatic carbocycles. The van der Waals surface area contributed by atoms with E-state index in [1.807, 2.05) is 6.92 Å². The molecule has 0 heterocycles. The predicted molar refractivity (Wildman–Crippen MR) is 79.6 cm³/mol. The van der Waals surface area contributed by atoms with Gasteiger partial charge in [-0.3, -0.25) is 0 Å². The second-order valence-corrected chi connectivity index (χ2v) is 7.14. The van der Waals surface area contributed by atoms with Crippen molar-refractivity contribution in [1.82, 2.24) is 4.72 Å². The third-order valence-electron chi connectivity index (χ3n) is 2.99. The van der Waals surface area contributed by atoms with Crippen molar-refractivity contribution < 1.29 is 23.4 Å². The van der Waals surface area contributed by atoms with Crippen LogP contribution < -0.4 is 4.72 Å². The minimum atomic E-state index is -3.63. The van der Waals surface area contributed by atoms with Gasteiger partial charge in [-0.2, -0.15) is 0 Å². The molecule has 6 nitrogen and oxygen atoms in total. The highest BCUT2D eigenvalue weighted by Crippen LogP contribution is 2.12. The van der Waals surface area contributed by atoms with Gasteiger partial charge in [0, 0.05) is 6.54 Å². The van der Waals surface area contributed by atoms with Gasteiger partial charge in [0.2, 0.25) is 10.0 Å². The molecule has 0 aromatic heterocycles. The van der Waals surface area contributed by atoms with E-state index in [1.54, 1.807) is 13.0 Å². The van der Waals surface area contributed by atoms with Crippen LogP contribution in [0.25, 0.3) is 0 Å². The first-order valence-electron chi connectivity index (χ1n) is 6.67. The summed E-state index contributed by atoms with van der Waals surface area (Å²) in [6, 6.07) is 5.78. The van der Waals surface area contributed by atoms with Gasteiger partial charge in [0.25, 0.3) is 0 Å². The Labute approximate surface area is 124 Å². The fourth-order valence-electron chi connectivity index (χ4n) is 1.96. The van der Waals surface area contributed by atoms with Crippen LogP contribution >= 0.6 is 0 Å². The Morgan fingerprint density at radius 1 is 1.38 bits per heavy atom. The first kappa shape index (κ1) is 17.6. The van der Waals surface area contributed by atoms with Crippen LogP contribution in [-0.2, 0) is 15.8 Å². The second-order valence-electron chi connectivity index (χ2n) is 5.33. The molecule has 0 amide bonds. The zero-order valence-corrected chi connectivity index (χ0v) is 13.0. The summed E-state index contributed by atoms with van der Waals surface area (Å²) in [5.74, 6) is -1.43. The average molecular weight is 315 g/mol. The van der Waals surface area contributed by atoms with Gasteiger partial charge in [-0.05, 0) is 31.0 Å². The molecule has 0 aliphatic carbocycles. The van der Waals surface area contributed by atoms with E-state index in [0.717, 1.165) is 6.42 Å². The minimum Gasteiger partial charge on any atom is -0.478 e. The van der Waals surface area contributed by atoms with E-state index in [-0.39, 0.29) is 17.9 Å². The van der Waals surface area contributed by atoms with Crippen LogP contribution in [0.5, 0.6) is 0 Å². The molecular formula is C14H21NO5S. The maximum absolute atomic E-state index is 12.0. The van der Waals surface area contributed by atoms with Gasteiger partial charge in [0.1, 0.15) is 0 Å². The number of carbonyl (C=O) groups is 1. The summed E-state index contributed by atoms with van der Waals surface area (Å²) < 4.78 is 26.3. The van der Waals surface area contributed by atoms with Gasteiger partial charge in [-0.1, -0.05) is 25.5 Å². The lowest BCUT2D eigenvalue weighted by Crippen LogP contribution is -2.40. The Hall–Kier alpha value is -1.44. The minimum absolute atomic E-state index is 0.0423. The maximum atomic E-state index is 12.0. The molecule has 0 bridgehead atoms. The molecule has 3 N–H and O–H groups in total. The number of rotatable bonds is 8. The van der Waals surface area contributed by atoms with E-state index >= 15 is 0 Å². The van der Waals surface area contributed by atoms with Gasteiger partial charge in [0.15, 0.2) is 0 Å². The van der Waals surface area contributed by atoms with Crippen molar-refractivity contribution in [1.29, 1.82) is 0 Å². The number of hydrogen-bond donors (Lipinski definition) is 3. The van der Waals surface area contributed by atoms with Crippen LogP contribution in [0.4, 0.5) is 0 Å². The summed E-state index contributed by atoms with van der Waals surface area (Å²) in [4.78, 5) is 10.8. The van der Waals surface area contributed by atoms with Crippen LogP contribution in [0, 0.1) is 0 Å². The maximum Gasteiger partial charge on any atom is 0.335 e. The monoisotopic (exact) mass is 315 g/mol.